The summed E-state index contributed by atoms with van der Waals surface area (Å²) in [6.45, 7) is 6.92. The Kier molecular flexibility index (Phi) is 6.57. The van der Waals surface area contributed by atoms with Crippen molar-refractivity contribution in [3.05, 3.63) is 45.8 Å². The fraction of sp³-hybridized carbons (Fsp3) is 0.400. The predicted molar refractivity (Wildman–Crippen MR) is 111 cm³/mol. The van der Waals surface area contributed by atoms with Crippen LogP contribution in [-0.2, 0) is 17.7 Å². The lowest BCUT2D eigenvalue weighted by molar-refractivity contribution is 0.0526. The van der Waals surface area contributed by atoms with Crippen LogP contribution in [0, 0.1) is 0 Å². The van der Waals surface area contributed by atoms with Crippen LogP contribution >= 0.6 is 23.1 Å². The van der Waals surface area contributed by atoms with Gasteiger partial charge in [-0.05, 0) is 43.8 Å². The second kappa shape index (κ2) is 8.91. The van der Waals surface area contributed by atoms with Gasteiger partial charge >= 0.3 is 5.97 Å². The summed E-state index contributed by atoms with van der Waals surface area (Å²) in [5.74, 6) is -0.551. The number of thiophene rings is 1. The molecule has 1 N–H and O–H groups in total. The van der Waals surface area contributed by atoms with Crippen LogP contribution in [0.25, 0.3) is 0 Å². The Morgan fingerprint density at radius 3 is 2.78 bits per heavy atom. The minimum atomic E-state index is -0.353. The highest BCUT2D eigenvalue weighted by atomic mass is 32.2. The number of nitrogens with zero attached hydrogens (tertiary/aromatic N) is 1. The lowest BCUT2D eigenvalue weighted by Gasteiger charge is -2.25. The normalized spacial score (nSPS) is 13.9. The molecule has 27 heavy (non-hydrogen) atoms. The maximum absolute atomic E-state index is 12.9. The number of benzene rings is 1. The molecule has 0 atom stereocenters. The SMILES string of the molecule is CCOC(=O)c1c(NC(=O)c2ccccc2SC)sc2c1CCN(CC)C2. The molecule has 2 heterocycles. The van der Waals surface area contributed by atoms with Crippen molar-refractivity contribution < 1.29 is 14.3 Å². The van der Waals surface area contributed by atoms with E-state index < -0.39 is 0 Å². The number of ether oxygens (including phenoxy) is 1. The van der Waals surface area contributed by atoms with E-state index in [-0.39, 0.29) is 11.9 Å². The highest BCUT2D eigenvalue weighted by molar-refractivity contribution is 7.98. The first kappa shape index (κ1) is 19.9. The van der Waals surface area contributed by atoms with E-state index in [0.29, 0.717) is 22.7 Å². The molecule has 7 heteroatoms. The molecule has 2 aromatic rings. The first-order valence-electron chi connectivity index (χ1n) is 9.07. The number of amides is 1. The molecule has 0 spiro atoms. The van der Waals surface area contributed by atoms with Crippen LogP contribution in [0.1, 0.15) is 45.0 Å². The standard InChI is InChI=1S/C20H24N2O3S2/c1-4-22-11-10-13-16(12-22)27-19(17(13)20(24)25-5-2)21-18(23)14-8-6-7-9-15(14)26-3/h6-9H,4-5,10-12H2,1-3H3,(H,21,23). The lowest BCUT2D eigenvalue weighted by Crippen LogP contribution is -2.30. The Balaban J connectivity index is 1.95. The third-order valence-corrected chi connectivity index (χ3v) is 6.57. The average Bonchev–Trinajstić information content (AvgIpc) is 3.04. The molecule has 0 saturated heterocycles. The van der Waals surface area contributed by atoms with Gasteiger partial charge in [-0.1, -0.05) is 19.1 Å². The van der Waals surface area contributed by atoms with Gasteiger partial charge in [0, 0.05) is 22.9 Å². The number of thioether (sulfide) groups is 1. The molecule has 0 bridgehead atoms. The lowest BCUT2D eigenvalue weighted by atomic mass is 10.0. The molecule has 0 radical (unpaired) electrons. The van der Waals surface area contributed by atoms with Gasteiger partial charge in [-0.2, -0.15) is 0 Å². The Morgan fingerprint density at radius 2 is 2.07 bits per heavy atom. The van der Waals surface area contributed by atoms with Gasteiger partial charge in [-0.15, -0.1) is 23.1 Å². The van der Waals surface area contributed by atoms with E-state index >= 15 is 0 Å². The summed E-state index contributed by atoms with van der Waals surface area (Å²) in [7, 11) is 0. The summed E-state index contributed by atoms with van der Waals surface area (Å²) in [4.78, 5) is 29.9. The van der Waals surface area contributed by atoms with Crippen LogP contribution in [0.5, 0.6) is 0 Å². The van der Waals surface area contributed by atoms with E-state index in [2.05, 4.69) is 17.1 Å². The van der Waals surface area contributed by atoms with Crippen LogP contribution in [0.15, 0.2) is 29.2 Å². The van der Waals surface area contributed by atoms with Crippen LogP contribution in [-0.4, -0.2) is 42.7 Å². The molecule has 1 aromatic carbocycles. The van der Waals surface area contributed by atoms with Crippen molar-refractivity contribution >= 4 is 40.0 Å². The van der Waals surface area contributed by atoms with Gasteiger partial charge in [0.05, 0.1) is 17.7 Å². The van der Waals surface area contributed by atoms with Crippen LogP contribution < -0.4 is 5.32 Å². The number of nitrogens with one attached hydrogen (secondary N) is 1. The zero-order valence-corrected chi connectivity index (χ0v) is 17.5. The van der Waals surface area contributed by atoms with Gasteiger partial charge in [0.2, 0.25) is 0 Å². The van der Waals surface area contributed by atoms with Crippen molar-refractivity contribution in [2.24, 2.45) is 0 Å². The quantitative estimate of drug-likeness (QED) is 0.575. The van der Waals surface area contributed by atoms with Crippen LogP contribution in [0.2, 0.25) is 0 Å². The maximum atomic E-state index is 12.9. The summed E-state index contributed by atoms with van der Waals surface area (Å²) in [6, 6.07) is 7.48. The highest BCUT2D eigenvalue weighted by Gasteiger charge is 2.29. The number of anilines is 1. The van der Waals surface area contributed by atoms with Gasteiger partial charge < -0.3 is 10.1 Å². The first-order valence-corrected chi connectivity index (χ1v) is 11.1. The highest BCUT2D eigenvalue weighted by Crippen LogP contribution is 2.38. The van der Waals surface area contributed by atoms with E-state index in [1.807, 2.05) is 24.5 Å². The smallest absolute Gasteiger partial charge is 0.341 e. The summed E-state index contributed by atoms with van der Waals surface area (Å²) >= 11 is 3.02. The minimum Gasteiger partial charge on any atom is -0.462 e. The Labute approximate surface area is 168 Å². The van der Waals surface area contributed by atoms with Crippen molar-refractivity contribution in [2.75, 3.05) is 31.3 Å². The van der Waals surface area contributed by atoms with Crippen molar-refractivity contribution in [2.45, 2.75) is 31.7 Å². The molecular formula is C20H24N2O3S2. The molecule has 1 aliphatic rings. The molecule has 1 aliphatic heterocycles. The molecule has 0 saturated carbocycles. The molecule has 0 fully saturated rings. The van der Waals surface area contributed by atoms with E-state index in [1.54, 1.807) is 13.0 Å². The molecule has 144 valence electrons. The molecule has 0 aliphatic carbocycles. The van der Waals surface area contributed by atoms with Gasteiger partial charge in [-0.25, -0.2) is 4.79 Å². The van der Waals surface area contributed by atoms with Crippen LogP contribution in [0.4, 0.5) is 5.00 Å². The summed E-state index contributed by atoms with van der Waals surface area (Å²) in [5.41, 5.74) is 2.17. The van der Waals surface area contributed by atoms with Crippen LogP contribution in [0.3, 0.4) is 0 Å². The Morgan fingerprint density at radius 1 is 1.30 bits per heavy atom. The molecule has 0 unspecified atom stereocenters. The molecule has 1 amide bonds. The largest absolute Gasteiger partial charge is 0.462 e. The number of fused-ring (bicyclic) bond motifs is 1. The third kappa shape index (κ3) is 4.20. The summed E-state index contributed by atoms with van der Waals surface area (Å²) in [5, 5.41) is 3.57. The number of hydrogen-bond donors (Lipinski definition) is 1. The second-order valence-electron chi connectivity index (χ2n) is 6.20. The Hall–Kier alpha value is -1.83. The number of carbonyl (C=O) groups is 2. The molecule has 1 aromatic heterocycles. The van der Waals surface area contributed by atoms with Crippen molar-refractivity contribution in [1.82, 2.24) is 4.90 Å². The average molecular weight is 405 g/mol. The van der Waals surface area contributed by atoms with E-state index in [4.69, 9.17) is 4.74 Å². The molecule has 5 nitrogen and oxygen atoms in total. The maximum Gasteiger partial charge on any atom is 0.341 e. The zero-order chi connectivity index (χ0) is 19.4. The topological polar surface area (TPSA) is 58.6 Å². The third-order valence-electron chi connectivity index (χ3n) is 4.64. The number of esters is 1. The van der Waals surface area contributed by atoms with E-state index in [9.17, 15) is 9.59 Å². The second-order valence-corrected chi connectivity index (χ2v) is 8.15. The van der Waals surface area contributed by atoms with Crippen molar-refractivity contribution in [1.29, 1.82) is 0 Å². The summed E-state index contributed by atoms with van der Waals surface area (Å²) in [6.07, 6.45) is 2.74. The zero-order valence-electron chi connectivity index (χ0n) is 15.8. The Bertz CT molecular complexity index is 848. The monoisotopic (exact) mass is 404 g/mol. The van der Waals surface area contributed by atoms with E-state index in [1.165, 1.54) is 23.1 Å². The number of carbonyl (C=O) groups excluding carboxylic acids is 2. The van der Waals surface area contributed by atoms with Gasteiger partial charge in [0.1, 0.15) is 5.00 Å². The minimum absolute atomic E-state index is 0.198. The van der Waals surface area contributed by atoms with Gasteiger partial charge in [-0.3, -0.25) is 9.69 Å². The van der Waals surface area contributed by atoms with Crippen molar-refractivity contribution in [3.8, 4) is 0 Å². The molecular weight excluding hydrogens is 380 g/mol. The van der Waals surface area contributed by atoms with Gasteiger partial charge in [0.15, 0.2) is 0 Å². The first-order chi connectivity index (χ1) is 13.1. The van der Waals surface area contributed by atoms with Gasteiger partial charge in [0.25, 0.3) is 5.91 Å². The van der Waals surface area contributed by atoms with E-state index in [0.717, 1.165) is 41.4 Å². The fourth-order valence-electron chi connectivity index (χ4n) is 3.24. The fourth-order valence-corrected chi connectivity index (χ4v) is 5.10. The predicted octanol–water partition coefficient (Wildman–Crippen LogP) is 4.28. The summed E-state index contributed by atoms with van der Waals surface area (Å²) < 4.78 is 5.28. The van der Waals surface area contributed by atoms with Crippen molar-refractivity contribution in [3.63, 3.8) is 0 Å². The number of likely N-dealkylation sites (N-methyl/N-ethyl adjacent to an activating group) is 1. The number of rotatable bonds is 6. The number of hydrogen-bond acceptors (Lipinski definition) is 6. The molecule has 3 rings (SSSR count).